The van der Waals surface area contributed by atoms with Crippen LogP contribution in [0.15, 0.2) is 58.1 Å². The number of benzene rings is 2. The van der Waals surface area contributed by atoms with Crippen molar-refractivity contribution < 1.29 is 22.8 Å². The fourth-order valence-electron chi connectivity index (χ4n) is 2.30. The first-order valence-corrected chi connectivity index (χ1v) is 9.08. The number of hydrogen-bond donors (Lipinski definition) is 2. The lowest BCUT2D eigenvalue weighted by atomic mass is 10.1. The Morgan fingerprint density at radius 3 is 2.46 bits per heavy atom. The van der Waals surface area contributed by atoms with Crippen molar-refractivity contribution in [1.29, 1.82) is 0 Å². The Bertz CT molecular complexity index is 869. The molecule has 148 valence electrons. The van der Waals surface area contributed by atoms with Crippen molar-refractivity contribution in [3.05, 3.63) is 64.1 Å². The highest BCUT2D eigenvalue weighted by atomic mass is 79.9. The van der Waals surface area contributed by atoms with Crippen LogP contribution in [-0.2, 0) is 15.8 Å². The quantitative estimate of drug-likeness (QED) is 0.468. The second-order valence-corrected chi connectivity index (χ2v) is 6.71. The Morgan fingerprint density at radius 2 is 1.75 bits per heavy atom. The molecule has 28 heavy (non-hydrogen) atoms. The minimum absolute atomic E-state index is 0.0180. The first-order valence-electron chi connectivity index (χ1n) is 8.29. The molecule has 0 unspecified atom stereocenters. The van der Waals surface area contributed by atoms with E-state index in [1.165, 1.54) is 18.2 Å². The number of nitrogens with one attached hydrogen (secondary N) is 2. The minimum Gasteiger partial charge on any atom is -0.326 e. The minimum atomic E-state index is -4.51. The van der Waals surface area contributed by atoms with Crippen LogP contribution in [0.5, 0.6) is 0 Å². The zero-order valence-electron chi connectivity index (χ0n) is 14.6. The fourth-order valence-corrected chi connectivity index (χ4v) is 2.70. The number of halogens is 4. The highest BCUT2D eigenvalue weighted by Gasteiger charge is 2.32. The smallest absolute Gasteiger partial charge is 0.326 e. The maximum atomic E-state index is 12.9. The molecule has 0 saturated heterocycles. The van der Waals surface area contributed by atoms with Crippen LogP contribution >= 0.6 is 15.9 Å². The van der Waals surface area contributed by atoms with Gasteiger partial charge in [0.05, 0.1) is 11.8 Å². The van der Waals surface area contributed by atoms with Crippen molar-refractivity contribution in [2.75, 3.05) is 5.32 Å². The third kappa shape index (κ3) is 7.15. The summed E-state index contributed by atoms with van der Waals surface area (Å²) >= 11 is 3.30. The van der Waals surface area contributed by atoms with E-state index in [-0.39, 0.29) is 30.7 Å². The van der Waals surface area contributed by atoms with E-state index < -0.39 is 17.6 Å². The maximum Gasteiger partial charge on any atom is 0.417 e. The summed E-state index contributed by atoms with van der Waals surface area (Å²) in [7, 11) is 0. The topological polar surface area (TPSA) is 70.6 Å². The van der Waals surface area contributed by atoms with Crippen LogP contribution in [0, 0.1) is 0 Å². The Hall–Kier alpha value is -2.68. The van der Waals surface area contributed by atoms with Gasteiger partial charge >= 0.3 is 6.18 Å². The summed E-state index contributed by atoms with van der Waals surface area (Å²) in [5.74, 6) is -0.732. The number of nitrogens with zero attached hydrogens (tertiary/aromatic N) is 1. The lowest BCUT2D eigenvalue weighted by Crippen LogP contribution is -2.19. The van der Waals surface area contributed by atoms with Crippen molar-refractivity contribution in [1.82, 2.24) is 5.43 Å². The van der Waals surface area contributed by atoms with Crippen LogP contribution in [0.2, 0.25) is 0 Å². The monoisotopic (exact) mass is 455 g/mol. The van der Waals surface area contributed by atoms with Crippen molar-refractivity contribution in [3.8, 4) is 0 Å². The SMILES string of the molecule is O=C(CCCC(=O)Nc1cccc(Br)c1)N/N=C\c1ccccc1C(F)(F)F. The summed E-state index contributed by atoms with van der Waals surface area (Å²) in [6.07, 6.45) is -3.14. The molecule has 0 aliphatic rings. The van der Waals surface area contributed by atoms with Crippen molar-refractivity contribution >= 4 is 39.6 Å². The molecular formula is C19H17BrF3N3O2. The van der Waals surface area contributed by atoms with Crippen molar-refractivity contribution in [3.63, 3.8) is 0 Å². The van der Waals surface area contributed by atoms with E-state index in [4.69, 9.17) is 0 Å². The maximum absolute atomic E-state index is 12.9. The van der Waals surface area contributed by atoms with Gasteiger partial charge < -0.3 is 5.32 Å². The summed E-state index contributed by atoms with van der Waals surface area (Å²) < 4.78 is 39.4. The summed E-state index contributed by atoms with van der Waals surface area (Å²) in [6, 6.07) is 12.0. The van der Waals surface area contributed by atoms with Crippen LogP contribution in [0.3, 0.4) is 0 Å². The number of carbonyl (C=O) groups is 2. The summed E-state index contributed by atoms with van der Waals surface area (Å²) in [4.78, 5) is 23.6. The summed E-state index contributed by atoms with van der Waals surface area (Å²) in [5.41, 5.74) is 1.82. The molecule has 0 atom stereocenters. The molecule has 0 heterocycles. The molecule has 2 rings (SSSR count). The van der Waals surface area contributed by atoms with Gasteiger partial charge in [-0.1, -0.05) is 40.2 Å². The molecule has 2 amide bonds. The average Bonchev–Trinajstić information content (AvgIpc) is 2.61. The number of hydrogen-bond acceptors (Lipinski definition) is 3. The van der Waals surface area contributed by atoms with Gasteiger partial charge in [-0.3, -0.25) is 9.59 Å². The highest BCUT2D eigenvalue weighted by Crippen LogP contribution is 2.31. The molecule has 0 aromatic heterocycles. The van der Waals surface area contributed by atoms with E-state index in [1.807, 2.05) is 6.07 Å². The van der Waals surface area contributed by atoms with Crippen molar-refractivity contribution in [2.45, 2.75) is 25.4 Å². The molecule has 0 radical (unpaired) electrons. The van der Waals surface area contributed by atoms with E-state index >= 15 is 0 Å². The summed E-state index contributed by atoms with van der Waals surface area (Å²) in [5, 5.41) is 6.27. The highest BCUT2D eigenvalue weighted by molar-refractivity contribution is 9.10. The molecule has 5 nitrogen and oxygen atoms in total. The first-order chi connectivity index (χ1) is 13.3. The Kier molecular flexibility index (Phi) is 7.74. The van der Waals surface area contributed by atoms with Gasteiger partial charge in [-0.15, -0.1) is 0 Å². The fraction of sp³-hybridized carbons (Fsp3) is 0.211. The van der Waals surface area contributed by atoms with E-state index in [0.717, 1.165) is 16.8 Å². The molecule has 0 saturated carbocycles. The Labute approximate surface area is 168 Å². The number of alkyl halides is 3. The van der Waals surface area contributed by atoms with E-state index in [1.54, 1.807) is 18.2 Å². The van der Waals surface area contributed by atoms with E-state index in [9.17, 15) is 22.8 Å². The van der Waals surface area contributed by atoms with Gasteiger partial charge in [0.2, 0.25) is 11.8 Å². The number of amides is 2. The Balaban J connectivity index is 1.76. The first kappa shape index (κ1) is 21.6. The van der Waals surface area contributed by atoms with Crippen LogP contribution < -0.4 is 10.7 Å². The third-order valence-electron chi connectivity index (χ3n) is 3.58. The molecule has 0 aliphatic carbocycles. The zero-order chi connectivity index (χ0) is 20.6. The van der Waals surface area contributed by atoms with Crippen LogP contribution in [0.1, 0.15) is 30.4 Å². The van der Waals surface area contributed by atoms with Crippen LogP contribution in [-0.4, -0.2) is 18.0 Å². The largest absolute Gasteiger partial charge is 0.417 e. The third-order valence-corrected chi connectivity index (χ3v) is 4.07. The molecule has 2 aromatic rings. The number of anilines is 1. The van der Waals surface area contributed by atoms with Gasteiger partial charge in [-0.25, -0.2) is 5.43 Å². The Morgan fingerprint density at radius 1 is 1.04 bits per heavy atom. The molecule has 2 N–H and O–H groups in total. The lowest BCUT2D eigenvalue weighted by Gasteiger charge is -2.09. The number of hydrazone groups is 1. The molecule has 0 spiro atoms. The predicted octanol–water partition coefficient (Wildman–Crippen LogP) is 4.73. The average molecular weight is 456 g/mol. The van der Waals surface area contributed by atoms with E-state index in [2.05, 4.69) is 31.8 Å². The lowest BCUT2D eigenvalue weighted by molar-refractivity contribution is -0.137. The molecule has 0 bridgehead atoms. The number of carbonyl (C=O) groups excluding carboxylic acids is 2. The molecule has 9 heteroatoms. The summed E-state index contributed by atoms with van der Waals surface area (Å²) in [6.45, 7) is 0. The second-order valence-electron chi connectivity index (χ2n) is 5.79. The van der Waals surface area contributed by atoms with Crippen LogP contribution in [0.4, 0.5) is 18.9 Å². The van der Waals surface area contributed by atoms with Crippen molar-refractivity contribution in [2.24, 2.45) is 5.10 Å². The van der Waals surface area contributed by atoms with Crippen LogP contribution in [0.25, 0.3) is 0 Å². The predicted molar refractivity (Wildman–Crippen MR) is 104 cm³/mol. The molecule has 0 fully saturated rings. The molecule has 0 aliphatic heterocycles. The molecular weight excluding hydrogens is 439 g/mol. The number of rotatable bonds is 7. The van der Waals surface area contributed by atoms with Gasteiger partial charge in [0.1, 0.15) is 0 Å². The standard InChI is InChI=1S/C19H17BrF3N3O2/c20-14-6-3-7-15(11-14)25-17(27)9-4-10-18(28)26-24-12-13-5-1-2-8-16(13)19(21,22)23/h1-3,5-8,11-12H,4,9-10H2,(H,25,27)(H,26,28)/b24-12-. The zero-order valence-corrected chi connectivity index (χ0v) is 16.2. The second kappa shape index (κ2) is 10.0. The van der Waals surface area contributed by atoms with Gasteiger partial charge in [-0.2, -0.15) is 18.3 Å². The molecule has 2 aromatic carbocycles. The van der Waals surface area contributed by atoms with Gasteiger partial charge in [0.25, 0.3) is 0 Å². The van der Waals surface area contributed by atoms with Gasteiger partial charge in [0, 0.05) is 28.6 Å². The van der Waals surface area contributed by atoms with Gasteiger partial charge in [-0.05, 0) is 30.7 Å². The van der Waals surface area contributed by atoms with E-state index in [0.29, 0.717) is 5.69 Å². The van der Waals surface area contributed by atoms with Gasteiger partial charge in [0.15, 0.2) is 0 Å². The normalized spacial score (nSPS) is 11.4.